The van der Waals surface area contributed by atoms with Gasteiger partial charge in [0.1, 0.15) is 5.60 Å². The van der Waals surface area contributed by atoms with Crippen molar-refractivity contribution in [1.82, 2.24) is 0 Å². The van der Waals surface area contributed by atoms with Crippen LogP contribution in [0.5, 0.6) is 0 Å². The molecule has 16 heavy (non-hydrogen) atoms. The number of halogens is 3. The topological polar surface area (TPSA) is 36.3 Å². The Kier molecular flexibility index (Phi) is 2.21. The fraction of sp³-hybridized carbons (Fsp3) is 0.364. The third-order valence-corrected chi connectivity index (χ3v) is 2.71. The van der Waals surface area contributed by atoms with Gasteiger partial charge in [0.05, 0.1) is 11.6 Å². The van der Waals surface area contributed by atoms with Gasteiger partial charge in [0.15, 0.2) is 6.10 Å². The van der Waals surface area contributed by atoms with Crippen LogP contribution in [0.4, 0.5) is 13.2 Å². The lowest BCUT2D eigenvalue weighted by molar-refractivity contribution is -0.137. The minimum Gasteiger partial charge on any atom is -0.345 e. The van der Waals surface area contributed by atoms with E-state index in [1.807, 2.05) is 6.07 Å². The second-order valence-corrected chi connectivity index (χ2v) is 3.81. The Bertz CT molecular complexity index is 446. The van der Waals surface area contributed by atoms with Gasteiger partial charge >= 0.3 is 6.18 Å². The highest BCUT2D eigenvalue weighted by Crippen LogP contribution is 2.45. The van der Waals surface area contributed by atoms with Gasteiger partial charge in [-0.2, -0.15) is 18.4 Å². The van der Waals surface area contributed by atoms with Gasteiger partial charge in [0.25, 0.3) is 0 Å². The Morgan fingerprint density at radius 1 is 1.31 bits per heavy atom. The summed E-state index contributed by atoms with van der Waals surface area (Å²) in [7, 11) is 0. The smallest absolute Gasteiger partial charge is 0.345 e. The molecule has 1 aromatic rings. The summed E-state index contributed by atoms with van der Waals surface area (Å²) in [5.41, 5.74) is -0.861. The Hall–Kier alpha value is -1.54. The molecule has 0 saturated carbocycles. The summed E-state index contributed by atoms with van der Waals surface area (Å²) >= 11 is 0. The highest BCUT2D eigenvalue weighted by molar-refractivity contribution is 5.34. The molecule has 1 fully saturated rings. The van der Waals surface area contributed by atoms with Crippen molar-refractivity contribution in [2.75, 3.05) is 0 Å². The first-order valence-corrected chi connectivity index (χ1v) is 4.63. The van der Waals surface area contributed by atoms with E-state index in [0.29, 0.717) is 5.56 Å². The van der Waals surface area contributed by atoms with Gasteiger partial charge in [0, 0.05) is 0 Å². The number of hydrogen-bond acceptors (Lipinski definition) is 2. The summed E-state index contributed by atoms with van der Waals surface area (Å²) < 4.78 is 42.0. The minimum atomic E-state index is -4.33. The Morgan fingerprint density at radius 3 is 2.25 bits per heavy atom. The van der Waals surface area contributed by atoms with Crippen LogP contribution in [0, 0.1) is 11.3 Å². The molecule has 1 saturated heterocycles. The van der Waals surface area contributed by atoms with Crippen molar-refractivity contribution < 1.29 is 17.9 Å². The van der Waals surface area contributed by atoms with E-state index >= 15 is 0 Å². The first-order valence-electron chi connectivity index (χ1n) is 4.63. The molecule has 2 atom stereocenters. The summed E-state index contributed by atoms with van der Waals surface area (Å²) in [6, 6.07) is 6.62. The molecular formula is C11H8F3NO. The van der Waals surface area contributed by atoms with E-state index in [2.05, 4.69) is 0 Å². The number of epoxide rings is 1. The van der Waals surface area contributed by atoms with Crippen LogP contribution in [0.15, 0.2) is 24.3 Å². The number of alkyl halides is 3. The molecule has 2 unspecified atom stereocenters. The van der Waals surface area contributed by atoms with Crippen LogP contribution in [0.3, 0.4) is 0 Å². The monoisotopic (exact) mass is 227 g/mol. The fourth-order valence-electron chi connectivity index (χ4n) is 1.57. The predicted molar refractivity (Wildman–Crippen MR) is 49.3 cm³/mol. The van der Waals surface area contributed by atoms with E-state index in [1.54, 1.807) is 6.92 Å². The van der Waals surface area contributed by atoms with E-state index in [4.69, 9.17) is 10.00 Å². The zero-order chi connectivity index (χ0) is 12.0. The van der Waals surface area contributed by atoms with Gasteiger partial charge < -0.3 is 4.74 Å². The van der Waals surface area contributed by atoms with Crippen LogP contribution in [-0.2, 0) is 16.5 Å². The molecule has 0 aliphatic carbocycles. The van der Waals surface area contributed by atoms with E-state index in [1.165, 1.54) is 12.1 Å². The summed E-state index contributed by atoms with van der Waals surface area (Å²) in [6.45, 7) is 1.68. The standard InChI is InChI=1S/C11H8F3NO/c1-10(9(6-15)16-10)7-2-4-8(5-3-7)11(12,13)14/h2-5,9H,1H3. The normalized spacial score (nSPS) is 28.6. The molecule has 0 amide bonds. The molecule has 2 nitrogen and oxygen atoms in total. The quantitative estimate of drug-likeness (QED) is 0.691. The fourth-order valence-corrected chi connectivity index (χ4v) is 1.57. The van der Waals surface area contributed by atoms with Crippen molar-refractivity contribution in [3.8, 4) is 6.07 Å². The summed E-state index contributed by atoms with van der Waals surface area (Å²) in [4.78, 5) is 0. The second-order valence-electron chi connectivity index (χ2n) is 3.81. The van der Waals surface area contributed by atoms with Gasteiger partial charge in [-0.25, -0.2) is 0 Å². The average Bonchev–Trinajstić information content (AvgIpc) is 2.90. The van der Waals surface area contributed by atoms with Crippen LogP contribution in [-0.4, -0.2) is 6.10 Å². The molecule has 84 valence electrons. The summed E-state index contributed by atoms with van der Waals surface area (Å²) in [5.74, 6) is 0. The van der Waals surface area contributed by atoms with Gasteiger partial charge in [-0.1, -0.05) is 12.1 Å². The molecule has 5 heteroatoms. The SMILES string of the molecule is CC1(c2ccc(C(F)(F)F)cc2)OC1C#N. The second kappa shape index (κ2) is 3.22. The average molecular weight is 227 g/mol. The predicted octanol–water partition coefficient (Wildman–Crippen LogP) is 2.84. The third kappa shape index (κ3) is 1.65. The lowest BCUT2D eigenvalue weighted by Crippen LogP contribution is -2.09. The zero-order valence-corrected chi connectivity index (χ0v) is 8.38. The van der Waals surface area contributed by atoms with E-state index in [9.17, 15) is 13.2 Å². The molecule has 0 bridgehead atoms. The summed E-state index contributed by atoms with van der Waals surface area (Å²) in [5, 5.41) is 8.63. The number of ether oxygens (including phenoxy) is 1. The van der Waals surface area contributed by atoms with Crippen molar-refractivity contribution >= 4 is 0 Å². The Labute approximate surface area is 90.3 Å². The van der Waals surface area contributed by atoms with Crippen LogP contribution in [0.1, 0.15) is 18.1 Å². The molecule has 0 spiro atoms. The highest BCUT2D eigenvalue weighted by Gasteiger charge is 2.54. The Morgan fingerprint density at radius 2 is 1.88 bits per heavy atom. The first kappa shape index (κ1) is 11.0. The molecule has 0 N–H and O–H groups in total. The molecule has 0 aromatic heterocycles. The molecule has 1 heterocycles. The number of nitrogens with zero attached hydrogens (tertiary/aromatic N) is 1. The minimum absolute atomic E-state index is 0.566. The molecule has 2 rings (SSSR count). The van der Waals surface area contributed by atoms with Crippen molar-refractivity contribution in [2.24, 2.45) is 0 Å². The largest absolute Gasteiger partial charge is 0.416 e. The maximum Gasteiger partial charge on any atom is 0.416 e. The lowest BCUT2D eigenvalue weighted by Gasteiger charge is -2.09. The number of hydrogen-bond donors (Lipinski definition) is 0. The third-order valence-electron chi connectivity index (χ3n) is 2.71. The van der Waals surface area contributed by atoms with Crippen molar-refractivity contribution in [2.45, 2.75) is 24.8 Å². The van der Waals surface area contributed by atoms with Crippen LogP contribution in [0.2, 0.25) is 0 Å². The number of rotatable bonds is 1. The van der Waals surface area contributed by atoms with Crippen molar-refractivity contribution in [3.63, 3.8) is 0 Å². The molecule has 1 aromatic carbocycles. The zero-order valence-electron chi connectivity index (χ0n) is 8.38. The number of benzene rings is 1. The lowest BCUT2D eigenvalue weighted by atomic mass is 9.97. The maximum absolute atomic E-state index is 12.3. The van der Waals surface area contributed by atoms with Crippen molar-refractivity contribution in [3.05, 3.63) is 35.4 Å². The number of nitriles is 1. The van der Waals surface area contributed by atoms with E-state index in [0.717, 1.165) is 12.1 Å². The van der Waals surface area contributed by atoms with E-state index in [-0.39, 0.29) is 0 Å². The van der Waals surface area contributed by atoms with Crippen LogP contribution in [0.25, 0.3) is 0 Å². The van der Waals surface area contributed by atoms with Gasteiger partial charge in [0.2, 0.25) is 0 Å². The van der Waals surface area contributed by atoms with Crippen molar-refractivity contribution in [1.29, 1.82) is 5.26 Å². The van der Waals surface area contributed by atoms with Gasteiger partial charge in [-0.15, -0.1) is 0 Å². The van der Waals surface area contributed by atoms with Crippen LogP contribution < -0.4 is 0 Å². The van der Waals surface area contributed by atoms with Crippen LogP contribution >= 0.6 is 0 Å². The maximum atomic E-state index is 12.3. The molecule has 0 radical (unpaired) electrons. The molecular weight excluding hydrogens is 219 g/mol. The molecule has 1 aliphatic heterocycles. The summed E-state index contributed by atoms with van der Waals surface area (Å²) in [6.07, 6.45) is -4.90. The highest BCUT2D eigenvalue weighted by atomic mass is 19.4. The molecule has 1 aliphatic rings. The van der Waals surface area contributed by atoms with Gasteiger partial charge in [-0.3, -0.25) is 0 Å². The van der Waals surface area contributed by atoms with E-state index < -0.39 is 23.4 Å². The van der Waals surface area contributed by atoms with Gasteiger partial charge in [-0.05, 0) is 24.6 Å². The first-order chi connectivity index (χ1) is 7.38. The Balaban J connectivity index is 2.25.